The largest absolute Gasteiger partial charge is 0.368 e. The van der Waals surface area contributed by atoms with Gasteiger partial charge in [0.2, 0.25) is 47.3 Å². The molecule has 0 saturated carbocycles. The molecule has 1 aliphatic rings. The van der Waals surface area contributed by atoms with Gasteiger partial charge in [-0.15, -0.1) is 11.3 Å². The summed E-state index contributed by atoms with van der Waals surface area (Å²) in [6, 6.07) is -5.74. The number of nitrogens with two attached hydrogens (primary N) is 1. The first-order valence-electron chi connectivity index (χ1n) is 20.3. The normalized spacial score (nSPS) is 25.4. The van der Waals surface area contributed by atoms with Crippen LogP contribution in [0.3, 0.4) is 0 Å². The van der Waals surface area contributed by atoms with E-state index in [1.807, 2.05) is 22.2 Å². The van der Waals surface area contributed by atoms with Crippen molar-refractivity contribution < 1.29 is 43.2 Å². The quantitative estimate of drug-likeness (QED) is 0.151. The lowest BCUT2D eigenvalue weighted by Crippen LogP contribution is -2.57. The van der Waals surface area contributed by atoms with Gasteiger partial charge in [0, 0.05) is 61.4 Å². The second-order valence-corrected chi connectivity index (χ2v) is 16.5. The van der Waals surface area contributed by atoms with E-state index in [4.69, 9.17) is 5.73 Å². The van der Waals surface area contributed by atoms with Crippen LogP contribution < -0.4 is 43.0 Å². The van der Waals surface area contributed by atoms with Crippen molar-refractivity contribution >= 4 is 74.5 Å². The number of ketones is 1. The van der Waals surface area contributed by atoms with Crippen molar-refractivity contribution in [3.63, 3.8) is 0 Å². The molecule has 20 nitrogen and oxygen atoms in total. The van der Waals surface area contributed by atoms with Gasteiger partial charge in [0.1, 0.15) is 36.3 Å². The molecule has 8 atom stereocenters. The maximum absolute atomic E-state index is 13.9. The van der Waals surface area contributed by atoms with E-state index in [1.165, 1.54) is 65.4 Å². The van der Waals surface area contributed by atoms with E-state index in [0.717, 1.165) is 15.8 Å². The van der Waals surface area contributed by atoms with E-state index in [-0.39, 0.29) is 25.7 Å². The van der Waals surface area contributed by atoms with Gasteiger partial charge in [-0.1, -0.05) is 6.92 Å². The van der Waals surface area contributed by atoms with Crippen LogP contribution in [0, 0.1) is 5.92 Å². The summed E-state index contributed by atoms with van der Waals surface area (Å²) in [6.45, 7) is 8.98. The molecular formula is C40H57N11O9S. The number of hydrogen-bond donors (Lipinski definition) is 9. The Balaban J connectivity index is 1.62. The molecule has 0 saturated heterocycles. The summed E-state index contributed by atoms with van der Waals surface area (Å²) in [5, 5.41) is 21.2. The van der Waals surface area contributed by atoms with Gasteiger partial charge < -0.3 is 52.5 Å². The lowest BCUT2D eigenvalue weighted by atomic mass is 9.99. The van der Waals surface area contributed by atoms with Gasteiger partial charge in [0.25, 0.3) is 0 Å². The Bertz CT molecular complexity index is 2080. The summed E-state index contributed by atoms with van der Waals surface area (Å²) < 4.78 is 3.00. The van der Waals surface area contributed by atoms with Crippen LogP contribution >= 0.6 is 11.3 Å². The number of nitrogens with zero attached hydrogens (tertiary/aromatic N) is 2. The summed E-state index contributed by atoms with van der Waals surface area (Å²) in [5.74, 6) is -6.59. The number of amides is 8. The summed E-state index contributed by atoms with van der Waals surface area (Å²) in [4.78, 5) is 124. The van der Waals surface area contributed by atoms with Gasteiger partial charge in [0.15, 0.2) is 5.78 Å². The Morgan fingerprint density at radius 2 is 1.48 bits per heavy atom. The number of Topliss-reactive ketones (excluding diaryl/α,β-unsaturated/α-hetero) is 1. The van der Waals surface area contributed by atoms with Crippen molar-refractivity contribution in [1.29, 1.82) is 0 Å². The SMILES string of the molecule is CC(=O)N[C@H]1CCCCn2cc3ccsc3c2CC[C@@H](C(=O)N[C@@H](Cc2cnc[nH]2)C(N)=O)NC(=O)[C@H](C)NC(=O)[C@H](C)NC(=O)[C@H](C)CC(=O)[C@H](C)NC(=O)[C@H](C)NC1=O. The van der Waals surface area contributed by atoms with Crippen molar-refractivity contribution in [3.05, 3.63) is 41.6 Å². The Hall–Kier alpha value is -6.12. The van der Waals surface area contributed by atoms with Crippen molar-refractivity contribution in [3.8, 4) is 0 Å². The molecule has 0 bridgehead atoms. The van der Waals surface area contributed by atoms with Crippen LogP contribution in [0.2, 0.25) is 0 Å². The molecule has 10 N–H and O–H groups in total. The Kier molecular flexibility index (Phi) is 17.1. The smallest absolute Gasteiger partial charge is 0.243 e. The van der Waals surface area contributed by atoms with Crippen molar-refractivity contribution in [2.24, 2.45) is 11.7 Å². The molecule has 4 rings (SSSR count). The highest BCUT2D eigenvalue weighted by Gasteiger charge is 2.31. The number of aryl methyl sites for hydroxylation is 2. The predicted octanol–water partition coefficient (Wildman–Crippen LogP) is -0.641. The van der Waals surface area contributed by atoms with Gasteiger partial charge in [-0.2, -0.15) is 0 Å². The summed E-state index contributed by atoms with van der Waals surface area (Å²) in [6.07, 6.45) is 6.31. The molecule has 3 aromatic rings. The Morgan fingerprint density at radius 1 is 0.852 bits per heavy atom. The fourth-order valence-corrected chi connectivity index (χ4v) is 7.75. The standard InChI is InChI=1S/C40H57N11O9S/c1-20-15-32(53)21(2)44-36(56)23(4)47-39(59)28(48-25(6)52)9-7-8-13-51-18-26-12-14-61-33(26)31(51)11-10-29(40(60)50-30(34(41)54)16-27-17-42-19-43-27)49-38(58)24(5)46-37(57)22(3)45-35(20)55/h12,14,17-24,28-30H,7-11,13,15-16H2,1-6H3,(H2,41,54)(H,42,43)(H,44,56)(H,45,55)(H,46,57)(H,47,59)(H,48,52)(H,49,58)(H,50,60)/t20-,21+,22+,23+,24+,28+,29+,30+/m1/s1. The Morgan fingerprint density at radius 3 is 2.10 bits per heavy atom. The van der Waals surface area contributed by atoms with Crippen LogP contribution in [0.5, 0.6) is 0 Å². The zero-order chi connectivity index (χ0) is 45.0. The van der Waals surface area contributed by atoms with Crippen LogP contribution in [0.15, 0.2) is 30.2 Å². The molecule has 332 valence electrons. The van der Waals surface area contributed by atoms with E-state index >= 15 is 0 Å². The average Bonchev–Trinajstić information content (AvgIpc) is 3.95. The number of thiophene rings is 1. The molecule has 0 unspecified atom stereocenters. The van der Waals surface area contributed by atoms with Gasteiger partial charge in [0.05, 0.1) is 17.1 Å². The number of aromatic amines is 1. The topological polar surface area (TPSA) is 297 Å². The number of aromatic nitrogens is 3. The number of fused-ring (bicyclic) bond motifs is 3. The first kappa shape index (κ1) is 47.6. The summed E-state index contributed by atoms with van der Waals surface area (Å²) >= 11 is 1.51. The second-order valence-electron chi connectivity index (χ2n) is 15.6. The highest BCUT2D eigenvalue weighted by molar-refractivity contribution is 7.17. The fraction of sp³-hybridized carbons (Fsp3) is 0.550. The lowest BCUT2D eigenvalue weighted by Gasteiger charge is -2.24. The third kappa shape index (κ3) is 13.7. The van der Waals surface area contributed by atoms with E-state index in [9.17, 15) is 43.2 Å². The summed E-state index contributed by atoms with van der Waals surface area (Å²) in [5.41, 5.74) is 7.08. The van der Waals surface area contributed by atoms with Crippen LogP contribution in [0.25, 0.3) is 10.1 Å². The Labute approximate surface area is 357 Å². The van der Waals surface area contributed by atoms with Crippen LogP contribution in [-0.2, 0) is 62.5 Å². The van der Waals surface area contributed by atoms with Crippen molar-refractivity contribution in [1.82, 2.24) is 51.8 Å². The third-order valence-electron chi connectivity index (χ3n) is 10.4. The predicted molar refractivity (Wildman–Crippen MR) is 224 cm³/mol. The molecule has 8 amide bonds. The number of carbonyl (C=O) groups is 9. The number of nitrogens with one attached hydrogen (secondary N) is 8. The minimum atomic E-state index is -1.20. The maximum atomic E-state index is 13.9. The van der Waals surface area contributed by atoms with Crippen LogP contribution in [-0.4, -0.2) is 110 Å². The molecule has 61 heavy (non-hydrogen) atoms. The monoisotopic (exact) mass is 867 g/mol. The molecule has 0 fully saturated rings. The molecule has 3 aromatic heterocycles. The first-order chi connectivity index (χ1) is 28.8. The van der Waals surface area contributed by atoms with Crippen LogP contribution in [0.1, 0.15) is 85.0 Å². The minimum Gasteiger partial charge on any atom is -0.368 e. The van der Waals surface area contributed by atoms with Crippen molar-refractivity contribution in [2.45, 2.75) is 135 Å². The van der Waals surface area contributed by atoms with Crippen LogP contribution in [0.4, 0.5) is 0 Å². The highest BCUT2D eigenvalue weighted by Crippen LogP contribution is 2.29. The zero-order valence-corrected chi connectivity index (χ0v) is 36.0. The minimum absolute atomic E-state index is 0.0147. The lowest BCUT2D eigenvalue weighted by molar-refractivity contribution is -0.135. The van der Waals surface area contributed by atoms with Gasteiger partial charge >= 0.3 is 0 Å². The molecule has 0 radical (unpaired) electrons. The van der Waals surface area contributed by atoms with E-state index in [1.54, 1.807) is 0 Å². The molecule has 0 spiro atoms. The zero-order valence-electron chi connectivity index (χ0n) is 35.2. The number of carbonyl (C=O) groups excluding carboxylic acids is 9. The second kappa shape index (κ2) is 21.9. The van der Waals surface area contributed by atoms with Crippen molar-refractivity contribution in [2.75, 3.05) is 0 Å². The van der Waals surface area contributed by atoms with Gasteiger partial charge in [-0.05, 0) is 71.2 Å². The molecule has 4 heterocycles. The fourth-order valence-electron chi connectivity index (χ4n) is 6.79. The third-order valence-corrected chi connectivity index (χ3v) is 11.4. The molecule has 1 aliphatic heterocycles. The average molecular weight is 868 g/mol. The molecule has 0 aromatic carbocycles. The number of imidazole rings is 1. The first-order valence-corrected chi connectivity index (χ1v) is 21.2. The number of primary amides is 1. The molecule has 21 heteroatoms. The molecule has 0 aliphatic carbocycles. The number of rotatable bonds is 6. The van der Waals surface area contributed by atoms with Gasteiger partial charge in [-0.25, -0.2) is 4.98 Å². The summed E-state index contributed by atoms with van der Waals surface area (Å²) in [7, 11) is 0. The van der Waals surface area contributed by atoms with E-state index < -0.39 is 101 Å². The maximum Gasteiger partial charge on any atom is 0.243 e. The number of hydrogen-bond acceptors (Lipinski definition) is 11. The van der Waals surface area contributed by atoms with E-state index in [0.29, 0.717) is 31.5 Å². The molecular weight excluding hydrogens is 811 g/mol. The van der Waals surface area contributed by atoms with Gasteiger partial charge in [-0.3, -0.25) is 43.2 Å². The van der Waals surface area contributed by atoms with E-state index in [2.05, 4.69) is 47.2 Å². The number of H-pyrrole nitrogens is 1. The highest BCUT2D eigenvalue weighted by atomic mass is 32.1.